The van der Waals surface area contributed by atoms with Crippen LogP contribution in [0.2, 0.25) is 0 Å². The number of alkyl halides is 1. The van der Waals surface area contributed by atoms with Crippen molar-refractivity contribution in [1.29, 1.82) is 0 Å². The van der Waals surface area contributed by atoms with Gasteiger partial charge in [-0.15, -0.1) is 11.6 Å². The third-order valence-electron chi connectivity index (χ3n) is 5.29. The number of ether oxygens (including phenoxy) is 1. The largest absolute Gasteiger partial charge is 0.449 e. The lowest BCUT2D eigenvalue weighted by Crippen LogP contribution is -2.40. The molecule has 0 aromatic heterocycles. The average Bonchev–Trinajstić information content (AvgIpc) is 3.02. The van der Waals surface area contributed by atoms with Crippen molar-refractivity contribution in [3.8, 4) is 0 Å². The third kappa shape index (κ3) is 4.85. The number of nitrogens with zero attached hydrogens (tertiary/aromatic N) is 1. The highest BCUT2D eigenvalue weighted by molar-refractivity contribution is 6.22. The fourth-order valence-corrected chi connectivity index (χ4v) is 4.17. The van der Waals surface area contributed by atoms with E-state index in [0.29, 0.717) is 25.4 Å². The standard InChI is InChI=1S/C19H26ClFN2O2/c1-23-9-8-13(11-23)12-25-19(24)22-18-5-3-2-4-15(18)14-6-7-17(21)16(20)10-14/h2-4,7,13-14,16,18H,5-6,8-12H2,1H3,(H,22,24)/t13-,14?,16?,18?/m1/s1. The van der Waals surface area contributed by atoms with Crippen LogP contribution in [0.15, 0.2) is 35.7 Å². The van der Waals surface area contributed by atoms with Gasteiger partial charge < -0.3 is 15.0 Å². The minimum Gasteiger partial charge on any atom is -0.449 e. The minimum atomic E-state index is -0.572. The lowest BCUT2D eigenvalue weighted by atomic mass is 9.80. The SMILES string of the molecule is CN1CC[C@@H](COC(=O)NC2CC=CC=C2C2CC=C(F)C(Cl)C2)C1. The normalized spacial score (nSPS) is 32.9. The van der Waals surface area contributed by atoms with Crippen LogP contribution in [0.4, 0.5) is 9.18 Å². The maximum atomic E-state index is 13.5. The Morgan fingerprint density at radius 2 is 2.32 bits per heavy atom. The lowest BCUT2D eigenvalue weighted by Gasteiger charge is -2.31. The average molecular weight is 369 g/mol. The number of nitrogens with one attached hydrogen (secondary N) is 1. The number of carbonyl (C=O) groups is 1. The zero-order valence-corrected chi connectivity index (χ0v) is 15.3. The first-order chi connectivity index (χ1) is 12.0. The Morgan fingerprint density at radius 1 is 1.48 bits per heavy atom. The van der Waals surface area contributed by atoms with Crippen molar-refractivity contribution >= 4 is 17.7 Å². The van der Waals surface area contributed by atoms with E-state index in [2.05, 4.69) is 17.3 Å². The van der Waals surface area contributed by atoms with E-state index in [-0.39, 0.29) is 23.9 Å². The van der Waals surface area contributed by atoms with Crippen LogP contribution < -0.4 is 5.32 Å². The van der Waals surface area contributed by atoms with Gasteiger partial charge in [-0.25, -0.2) is 9.18 Å². The molecule has 3 aliphatic rings. The molecule has 0 aromatic rings. The summed E-state index contributed by atoms with van der Waals surface area (Å²) in [6.07, 6.45) is 10.2. The number of carbonyl (C=O) groups excluding carboxylic acids is 1. The summed E-state index contributed by atoms with van der Waals surface area (Å²) < 4.78 is 18.9. The van der Waals surface area contributed by atoms with Crippen molar-refractivity contribution in [2.45, 2.75) is 37.1 Å². The van der Waals surface area contributed by atoms with Crippen molar-refractivity contribution < 1.29 is 13.9 Å². The third-order valence-corrected chi connectivity index (χ3v) is 5.68. The molecule has 0 saturated carbocycles. The number of amides is 1. The first kappa shape index (κ1) is 18.5. The Labute approximate surface area is 153 Å². The van der Waals surface area contributed by atoms with Gasteiger partial charge in [0.15, 0.2) is 0 Å². The topological polar surface area (TPSA) is 41.6 Å². The van der Waals surface area contributed by atoms with Crippen LogP contribution >= 0.6 is 11.6 Å². The fourth-order valence-electron chi connectivity index (χ4n) is 3.86. The van der Waals surface area contributed by atoms with Crippen molar-refractivity contribution in [2.24, 2.45) is 11.8 Å². The van der Waals surface area contributed by atoms with Gasteiger partial charge in [0.1, 0.15) is 5.83 Å². The Kier molecular flexibility index (Phi) is 6.18. The summed E-state index contributed by atoms with van der Waals surface area (Å²) in [6.45, 7) is 2.49. The zero-order chi connectivity index (χ0) is 17.8. The number of halogens is 2. The molecule has 6 heteroatoms. The Balaban J connectivity index is 1.53. The van der Waals surface area contributed by atoms with E-state index in [9.17, 15) is 9.18 Å². The molecule has 1 amide bonds. The molecule has 3 rings (SSSR count). The molecule has 1 saturated heterocycles. The number of alkyl carbamates (subject to hydrolysis) is 1. The molecule has 3 unspecified atom stereocenters. The van der Waals surface area contributed by atoms with E-state index in [1.807, 2.05) is 18.2 Å². The summed E-state index contributed by atoms with van der Waals surface area (Å²) in [6, 6.07) is -0.104. The van der Waals surface area contributed by atoms with Gasteiger partial charge in [0.25, 0.3) is 0 Å². The molecule has 0 aromatic carbocycles. The molecule has 0 spiro atoms. The van der Waals surface area contributed by atoms with E-state index in [0.717, 1.165) is 31.5 Å². The second-order valence-corrected chi connectivity index (χ2v) is 7.79. The van der Waals surface area contributed by atoms with Crippen LogP contribution in [0, 0.1) is 11.8 Å². The maximum Gasteiger partial charge on any atom is 0.407 e. The number of allylic oxidation sites excluding steroid dienone is 4. The van der Waals surface area contributed by atoms with Gasteiger partial charge in [-0.2, -0.15) is 0 Å². The second-order valence-electron chi connectivity index (χ2n) is 7.27. The van der Waals surface area contributed by atoms with Crippen molar-refractivity contribution in [3.05, 3.63) is 35.7 Å². The highest BCUT2D eigenvalue weighted by Gasteiger charge is 2.30. The van der Waals surface area contributed by atoms with E-state index in [4.69, 9.17) is 16.3 Å². The molecule has 1 aliphatic heterocycles. The van der Waals surface area contributed by atoms with Crippen molar-refractivity contribution in [1.82, 2.24) is 10.2 Å². The first-order valence-electron chi connectivity index (χ1n) is 9.01. The number of rotatable bonds is 4. The van der Waals surface area contributed by atoms with Gasteiger partial charge in [-0.05, 0) is 50.8 Å². The van der Waals surface area contributed by atoms with Gasteiger partial charge in [0.05, 0.1) is 18.0 Å². The summed E-state index contributed by atoms with van der Waals surface area (Å²) in [7, 11) is 2.08. The molecular weight excluding hydrogens is 343 g/mol. The highest BCUT2D eigenvalue weighted by Crippen LogP contribution is 2.36. The quantitative estimate of drug-likeness (QED) is 0.767. The van der Waals surface area contributed by atoms with E-state index in [1.165, 1.54) is 0 Å². The van der Waals surface area contributed by atoms with Crippen LogP contribution in [-0.2, 0) is 4.74 Å². The summed E-state index contributed by atoms with van der Waals surface area (Å²) in [5, 5.41) is 2.40. The minimum absolute atomic E-state index is 0.104. The molecule has 4 nitrogen and oxygen atoms in total. The Morgan fingerprint density at radius 3 is 3.04 bits per heavy atom. The van der Waals surface area contributed by atoms with Crippen molar-refractivity contribution in [2.75, 3.05) is 26.7 Å². The predicted molar refractivity (Wildman–Crippen MR) is 97.3 cm³/mol. The molecule has 25 heavy (non-hydrogen) atoms. The van der Waals surface area contributed by atoms with E-state index < -0.39 is 5.38 Å². The number of hydrogen-bond acceptors (Lipinski definition) is 3. The van der Waals surface area contributed by atoms with Crippen LogP contribution in [0.25, 0.3) is 0 Å². The first-order valence-corrected chi connectivity index (χ1v) is 9.44. The van der Waals surface area contributed by atoms with Gasteiger partial charge in [0, 0.05) is 12.5 Å². The molecule has 1 N–H and O–H groups in total. The molecule has 4 atom stereocenters. The molecule has 1 heterocycles. The predicted octanol–water partition coefficient (Wildman–Crippen LogP) is 3.79. The molecular formula is C19H26ClFN2O2. The van der Waals surface area contributed by atoms with Gasteiger partial charge in [0.2, 0.25) is 0 Å². The molecule has 138 valence electrons. The number of hydrogen-bond donors (Lipinski definition) is 1. The van der Waals surface area contributed by atoms with E-state index in [1.54, 1.807) is 6.08 Å². The lowest BCUT2D eigenvalue weighted by molar-refractivity contribution is 0.125. The van der Waals surface area contributed by atoms with Crippen LogP contribution in [0.5, 0.6) is 0 Å². The molecule has 0 radical (unpaired) electrons. The van der Waals surface area contributed by atoms with Crippen LogP contribution in [0.3, 0.4) is 0 Å². The summed E-state index contributed by atoms with van der Waals surface area (Å²) in [5.74, 6) is 0.330. The van der Waals surface area contributed by atoms with E-state index >= 15 is 0 Å². The zero-order valence-electron chi connectivity index (χ0n) is 14.6. The maximum absolute atomic E-state index is 13.5. The number of likely N-dealkylation sites (tertiary alicyclic amines) is 1. The summed E-state index contributed by atoms with van der Waals surface area (Å²) in [4.78, 5) is 14.4. The molecule has 2 aliphatic carbocycles. The van der Waals surface area contributed by atoms with Gasteiger partial charge in [-0.1, -0.05) is 24.3 Å². The fraction of sp³-hybridized carbons (Fsp3) is 0.632. The van der Waals surface area contributed by atoms with Crippen molar-refractivity contribution in [3.63, 3.8) is 0 Å². The summed E-state index contributed by atoms with van der Waals surface area (Å²) in [5.41, 5.74) is 1.11. The molecule has 0 bridgehead atoms. The second kappa shape index (κ2) is 8.37. The molecule has 1 fully saturated rings. The van der Waals surface area contributed by atoms with Crippen LogP contribution in [0.1, 0.15) is 25.7 Å². The highest BCUT2D eigenvalue weighted by atomic mass is 35.5. The Hall–Kier alpha value is -1.33. The van der Waals surface area contributed by atoms with Gasteiger partial charge >= 0.3 is 6.09 Å². The van der Waals surface area contributed by atoms with Gasteiger partial charge in [-0.3, -0.25) is 0 Å². The summed E-state index contributed by atoms with van der Waals surface area (Å²) >= 11 is 6.06. The smallest absolute Gasteiger partial charge is 0.407 e. The van der Waals surface area contributed by atoms with Crippen LogP contribution in [-0.4, -0.2) is 49.2 Å². The Bertz CT molecular complexity index is 590. The monoisotopic (exact) mass is 368 g/mol.